The molecule has 1 aromatic rings. The van der Waals surface area contributed by atoms with Gasteiger partial charge in [-0.15, -0.1) is 0 Å². The van der Waals surface area contributed by atoms with Crippen molar-refractivity contribution >= 4 is 28.5 Å². The van der Waals surface area contributed by atoms with E-state index < -0.39 is 5.97 Å². The molecule has 0 radical (unpaired) electrons. The molecule has 0 unspecified atom stereocenters. The number of carbonyl (C=O) groups excluding carboxylic acids is 2. The number of ether oxygens (including phenoxy) is 1. The van der Waals surface area contributed by atoms with Crippen LogP contribution in [0.4, 0.5) is 5.13 Å². The van der Waals surface area contributed by atoms with Gasteiger partial charge >= 0.3 is 5.97 Å². The Morgan fingerprint density at radius 2 is 1.77 bits per heavy atom. The van der Waals surface area contributed by atoms with Crippen molar-refractivity contribution in [3.05, 3.63) is 5.82 Å². The highest BCUT2D eigenvalue weighted by Crippen LogP contribution is 2.60. The number of aromatic nitrogens is 2. The number of nitrogens with zero attached hydrogens (tertiary/aromatic N) is 2. The number of amides is 1. The van der Waals surface area contributed by atoms with Gasteiger partial charge in [0.2, 0.25) is 11.0 Å². The zero-order valence-electron chi connectivity index (χ0n) is 12.5. The lowest BCUT2D eigenvalue weighted by molar-refractivity contribution is -0.140. The number of rotatable bonds is 3. The molecule has 4 fully saturated rings. The molecule has 22 heavy (non-hydrogen) atoms. The summed E-state index contributed by atoms with van der Waals surface area (Å²) < 4.78 is 8.51. The van der Waals surface area contributed by atoms with Crippen LogP contribution in [0, 0.1) is 23.2 Å². The molecule has 1 heterocycles. The van der Waals surface area contributed by atoms with Gasteiger partial charge in [0.1, 0.15) is 0 Å². The monoisotopic (exact) mass is 321 g/mol. The van der Waals surface area contributed by atoms with E-state index in [-0.39, 0.29) is 17.1 Å². The van der Waals surface area contributed by atoms with E-state index in [9.17, 15) is 9.59 Å². The van der Waals surface area contributed by atoms with Crippen LogP contribution < -0.4 is 5.32 Å². The number of methoxy groups -OCH3 is 1. The van der Waals surface area contributed by atoms with Gasteiger partial charge in [-0.05, 0) is 56.3 Å². The molecule has 1 amide bonds. The minimum atomic E-state index is -0.577. The van der Waals surface area contributed by atoms with Crippen molar-refractivity contribution < 1.29 is 14.3 Å². The van der Waals surface area contributed by atoms with Crippen LogP contribution >= 0.6 is 11.5 Å². The average molecular weight is 321 g/mol. The third-order valence-corrected chi connectivity index (χ3v) is 6.16. The maximum atomic E-state index is 12.8. The Hall–Kier alpha value is -1.50. The molecular formula is C15H19N3O3S. The fourth-order valence-electron chi connectivity index (χ4n) is 5.07. The summed E-state index contributed by atoms with van der Waals surface area (Å²) in [5, 5.41) is 3.29. The Balaban J connectivity index is 1.50. The van der Waals surface area contributed by atoms with Crippen LogP contribution in [0.3, 0.4) is 0 Å². The first kappa shape index (κ1) is 14.1. The van der Waals surface area contributed by atoms with Crippen LogP contribution in [0.2, 0.25) is 0 Å². The number of esters is 1. The lowest BCUT2D eigenvalue weighted by Crippen LogP contribution is -2.51. The maximum Gasteiger partial charge on any atom is 0.377 e. The molecule has 4 aliphatic carbocycles. The first-order valence-corrected chi connectivity index (χ1v) is 8.59. The molecule has 118 valence electrons. The number of nitrogens with one attached hydrogen (secondary N) is 1. The van der Waals surface area contributed by atoms with E-state index in [0.717, 1.165) is 48.5 Å². The fraction of sp³-hybridized carbons (Fsp3) is 0.733. The van der Waals surface area contributed by atoms with Gasteiger partial charge < -0.3 is 10.1 Å². The first-order valence-electron chi connectivity index (χ1n) is 7.81. The van der Waals surface area contributed by atoms with E-state index in [1.54, 1.807) is 0 Å². The van der Waals surface area contributed by atoms with Crippen LogP contribution in [0.15, 0.2) is 0 Å². The quantitative estimate of drug-likeness (QED) is 0.865. The minimum Gasteiger partial charge on any atom is -0.463 e. The molecule has 0 spiro atoms. The second-order valence-corrected chi connectivity index (χ2v) is 7.82. The van der Waals surface area contributed by atoms with E-state index >= 15 is 0 Å². The molecule has 4 saturated carbocycles. The average Bonchev–Trinajstić information content (AvgIpc) is 2.93. The van der Waals surface area contributed by atoms with Crippen molar-refractivity contribution in [2.45, 2.75) is 38.5 Å². The summed E-state index contributed by atoms with van der Waals surface area (Å²) in [6.07, 6.45) is 6.93. The van der Waals surface area contributed by atoms with E-state index in [4.69, 9.17) is 0 Å². The molecule has 0 aliphatic heterocycles. The lowest BCUT2D eigenvalue weighted by Gasteiger charge is -2.55. The van der Waals surface area contributed by atoms with Crippen LogP contribution in [0.1, 0.15) is 49.1 Å². The van der Waals surface area contributed by atoms with Crippen molar-refractivity contribution in [3.8, 4) is 0 Å². The van der Waals surface area contributed by atoms with Gasteiger partial charge in [0.05, 0.1) is 12.5 Å². The second kappa shape index (κ2) is 5.01. The van der Waals surface area contributed by atoms with Crippen LogP contribution in [0.5, 0.6) is 0 Å². The molecule has 0 aromatic carbocycles. The molecule has 1 N–H and O–H groups in total. The topological polar surface area (TPSA) is 81.2 Å². The van der Waals surface area contributed by atoms with Gasteiger partial charge in [0, 0.05) is 11.5 Å². The van der Waals surface area contributed by atoms with Crippen molar-refractivity contribution in [1.29, 1.82) is 0 Å². The predicted molar refractivity (Wildman–Crippen MR) is 80.5 cm³/mol. The van der Waals surface area contributed by atoms with E-state index in [2.05, 4.69) is 19.4 Å². The largest absolute Gasteiger partial charge is 0.463 e. The Bertz CT molecular complexity index is 592. The Kier molecular flexibility index (Phi) is 3.21. The molecule has 4 aliphatic rings. The lowest BCUT2D eigenvalue weighted by atomic mass is 9.49. The summed E-state index contributed by atoms with van der Waals surface area (Å²) in [5.74, 6) is 1.66. The van der Waals surface area contributed by atoms with Crippen molar-refractivity contribution in [2.75, 3.05) is 12.4 Å². The predicted octanol–water partition coefficient (Wildman–Crippen LogP) is 2.48. The Morgan fingerprint density at radius 3 is 2.32 bits per heavy atom. The summed E-state index contributed by atoms with van der Waals surface area (Å²) in [7, 11) is 1.29. The summed E-state index contributed by atoms with van der Waals surface area (Å²) >= 11 is 1.03. The first-order chi connectivity index (χ1) is 10.6. The van der Waals surface area contributed by atoms with Crippen LogP contribution in [-0.2, 0) is 9.53 Å². The summed E-state index contributed by atoms with van der Waals surface area (Å²) in [4.78, 5) is 28.3. The number of hydrogen-bond acceptors (Lipinski definition) is 6. The van der Waals surface area contributed by atoms with E-state index in [1.165, 1.54) is 26.4 Å². The number of anilines is 1. The normalized spacial score (nSPS) is 35.4. The molecular weight excluding hydrogens is 302 g/mol. The zero-order valence-corrected chi connectivity index (χ0v) is 13.3. The Morgan fingerprint density at radius 1 is 1.18 bits per heavy atom. The second-order valence-electron chi connectivity index (χ2n) is 7.07. The smallest absolute Gasteiger partial charge is 0.377 e. The number of carbonyl (C=O) groups is 2. The SMILES string of the molecule is COC(=O)c1nsc(NC(=O)C23CC4CC(CC(C4)C2)C3)n1. The maximum absolute atomic E-state index is 12.8. The molecule has 0 atom stereocenters. The van der Waals surface area contributed by atoms with Crippen molar-refractivity contribution in [1.82, 2.24) is 9.36 Å². The summed E-state index contributed by atoms with van der Waals surface area (Å²) in [6.45, 7) is 0. The van der Waals surface area contributed by atoms with E-state index in [1.807, 2.05) is 0 Å². The van der Waals surface area contributed by atoms with Gasteiger partial charge in [0.15, 0.2) is 0 Å². The van der Waals surface area contributed by atoms with Crippen molar-refractivity contribution in [2.24, 2.45) is 23.2 Å². The molecule has 5 rings (SSSR count). The minimum absolute atomic E-state index is 0.00770. The van der Waals surface area contributed by atoms with Gasteiger partial charge in [-0.3, -0.25) is 4.79 Å². The highest BCUT2D eigenvalue weighted by molar-refractivity contribution is 7.10. The molecule has 1 aromatic heterocycles. The van der Waals surface area contributed by atoms with Crippen LogP contribution in [-0.4, -0.2) is 28.3 Å². The number of hydrogen-bond donors (Lipinski definition) is 1. The van der Waals surface area contributed by atoms with Gasteiger partial charge in [-0.1, -0.05) is 0 Å². The third kappa shape index (κ3) is 2.22. The summed E-state index contributed by atoms with van der Waals surface area (Å²) in [6, 6.07) is 0. The van der Waals surface area contributed by atoms with Crippen molar-refractivity contribution in [3.63, 3.8) is 0 Å². The molecule has 4 bridgehead atoms. The third-order valence-electron chi connectivity index (χ3n) is 5.53. The highest BCUT2D eigenvalue weighted by Gasteiger charge is 2.54. The van der Waals surface area contributed by atoms with Crippen LogP contribution in [0.25, 0.3) is 0 Å². The summed E-state index contributed by atoms with van der Waals surface area (Å²) in [5.41, 5.74) is -0.216. The van der Waals surface area contributed by atoms with Gasteiger partial charge in [-0.2, -0.15) is 9.36 Å². The van der Waals surface area contributed by atoms with Gasteiger partial charge in [0.25, 0.3) is 5.82 Å². The molecule has 0 saturated heterocycles. The fourth-order valence-corrected chi connectivity index (χ4v) is 5.62. The Labute approximate surface area is 132 Å². The van der Waals surface area contributed by atoms with Gasteiger partial charge in [-0.25, -0.2) is 4.79 Å². The van der Waals surface area contributed by atoms with E-state index in [0.29, 0.717) is 5.13 Å². The molecule has 6 nitrogen and oxygen atoms in total. The zero-order chi connectivity index (χ0) is 15.3. The molecule has 7 heteroatoms. The highest BCUT2D eigenvalue weighted by atomic mass is 32.1. The standard InChI is InChI=1S/C15H19N3O3S/c1-21-12(19)11-16-14(22-18-11)17-13(20)15-5-8-2-9(6-15)4-10(3-8)7-15/h8-10H,2-7H2,1H3,(H,16,17,18,20).